The molecule has 0 radical (unpaired) electrons. The van der Waals surface area contributed by atoms with Crippen molar-refractivity contribution in [1.29, 1.82) is 0 Å². The highest BCUT2D eigenvalue weighted by Gasteiger charge is 2.81. The fourth-order valence-electron chi connectivity index (χ4n) is 3.31. The van der Waals surface area contributed by atoms with Crippen molar-refractivity contribution in [3.63, 3.8) is 0 Å². The molecule has 0 saturated carbocycles. The molecule has 0 aliphatic heterocycles. The van der Waals surface area contributed by atoms with Gasteiger partial charge in [-0.05, 0) is 39.0 Å². The summed E-state index contributed by atoms with van der Waals surface area (Å²) < 4.78 is 97.5. The topological polar surface area (TPSA) is 43.1 Å². The number of alkyl halides is 7. The summed E-state index contributed by atoms with van der Waals surface area (Å²) in [4.78, 5) is 10.2. The third-order valence-electron chi connectivity index (χ3n) is 4.56. The Bertz CT molecular complexity index is 831. The van der Waals surface area contributed by atoms with E-state index in [2.05, 4.69) is 0 Å². The van der Waals surface area contributed by atoms with Crippen LogP contribution >= 0.6 is 22.6 Å². The minimum Gasteiger partial charge on any atom is -0.258 e. The third kappa shape index (κ3) is 3.41. The number of nitro groups is 1. The van der Waals surface area contributed by atoms with Gasteiger partial charge in [0.2, 0.25) is 0 Å². The summed E-state index contributed by atoms with van der Waals surface area (Å²) in [6.07, 6.45) is -11.7. The van der Waals surface area contributed by atoms with Crippen LogP contribution in [0.1, 0.15) is 25.3 Å². The van der Waals surface area contributed by atoms with Gasteiger partial charge in [0.05, 0.1) is 10.3 Å². The Hall–Kier alpha value is -1.66. The molecule has 0 amide bonds. The Balaban J connectivity index is 3.09. The highest BCUT2D eigenvalue weighted by atomic mass is 127. The van der Waals surface area contributed by atoms with Gasteiger partial charge in [-0.3, -0.25) is 10.1 Å². The SMILES string of the molecule is CCC1=CC(c2ccccc2[N+](=O)[O-])(C(F)(C(F)(F)F)C(F)(F)F)C=C(I)C1. The molecule has 154 valence electrons. The predicted octanol–water partition coefficient (Wildman–Crippen LogP) is 6.72. The zero-order valence-electron chi connectivity index (χ0n) is 14.2. The van der Waals surface area contributed by atoms with Crippen molar-refractivity contribution in [3.8, 4) is 0 Å². The van der Waals surface area contributed by atoms with Crippen LogP contribution in [0.5, 0.6) is 0 Å². The highest BCUT2D eigenvalue weighted by molar-refractivity contribution is 14.1. The molecular weight excluding hydrogens is 510 g/mol. The molecule has 1 aliphatic carbocycles. The minimum atomic E-state index is -6.39. The van der Waals surface area contributed by atoms with Gasteiger partial charge in [-0.1, -0.05) is 42.8 Å². The zero-order valence-corrected chi connectivity index (χ0v) is 16.3. The Morgan fingerprint density at radius 3 is 2.07 bits per heavy atom. The molecule has 1 unspecified atom stereocenters. The Morgan fingerprint density at radius 2 is 1.61 bits per heavy atom. The minimum absolute atomic E-state index is 0.0191. The van der Waals surface area contributed by atoms with Crippen LogP contribution in [0, 0.1) is 10.1 Å². The van der Waals surface area contributed by atoms with Crippen molar-refractivity contribution in [3.05, 3.63) is 61.2 Å². The molecule has 11 heteroatoms. The molecule has 2 rings (SSSR count). The lowest BCUT2D eigenvalue weighted by atomic mass is 9.63. The maximum absolute atomic E-state index is 15.4. The molecule has 0 aromatic heterocycles. The van der Waals surface area contributed by atoms with Gasteiger partial charge in [-0.2, -0.15) is 26.3 Å². The van der Waals surface area contributed by atoms with Gasteiger partial charge in [0.1, 0.15) is 0 Å². The molecule has 0 bridgehead atoms. The summed E-state index contributed by atoms with van der Waals surface area (Å²) in [5.74, 6) is 0. The van der Waals surface area contributed by atoms with Crippen LogP contribution in [0.2, 0.25) is 0 Å². The van der Waals surface area contributed by atoms with Gasteiger partial charge in [0.15, 0.2) is 0 Å². The van der Waals surface area contributed by atoms with Crippen LogP contribution in [0.25, 0.3) is 0 Å². The quantitative estimate of drug-likeness (QED) is 0.145. The molecule has 1 atom stereocenters. The lowest BCUT2D eigenvalue weighted by Crippen LogP contribution is -2.65. The van der Waals surface area contributed by atoms with E-state index in [1.54, 1.807) is 0 Å². The number of rotatable bonds is 4. The standard InChI is InChI=1S/C17H13F7INO2/c1-2-10-7-11(25)9-14(8-10,12-5-3-4-6-13(12)26(27)28)15(18,16(19,20)21)17(22,23)24/h3-6,8-9H,2,7H2,1H3. The first kappa shape index (κ1) is 22.6. The average molecular weight is 523 g/mol. The number of para-hydroxylation sites is 1. The summed E-state index contributed by atoms with van der Waals surface area (Å²) in [5.41, 5.74) is -11.2. The molecule has 0 heterocycles. The van der Waals surface area contributed by atoms with Gasteiger partial charge < -0.3 is 0 Å². The molecule has 0 spiro atoms. The number of nitro benzene ring substituents is 1. The molecular formula is C17H13F7INO2. The summed E-state index contributed by atoms with van der Waals surface area (Å²) >= 11 is 1.52. The Kier molecular flexibility index (Phi) is 5.90. The first-order valence-electron chi connectivity index (χ1n) is 7.85. The molecule has 0 N–H and O–H groups in total. The number of nitrogens with zero attached hydrogens (tertiary/aromatic N) is 1. The number of benzene rings is 1. The predicted molar refractivity (Wildman–Crippen MR) is 95.8 cm³/mol. The molecule has 3 nitrogen and oxygen atoms in total. The molecule has 0 saturated heterocycles. The lowest BCUT2D eigenvalue weighted by molar-refractivity contribution is -0.388. The van der Waals surface area contributed by atoms with Gasteiger partial charge in [0, 0.05) is 11.6 Å². The van der Waals surface area contributed by atoms with Gasteiger partial charge in [-0.25, -0.2) is 4.39 Å². The molecule has 1 aromatic carbocycles. The number of hydrogen-bond donors (Lipinski definition) is 0. The van der Waals surface area contributed by atoms with Crippen LogP contribution in [0.4, 0.5) is 36.4 Å². The number of hydrogen-bond acceptors (Lipinski definition) is 2. The smallest absolute Gasteiger partial charge is 0.258 e. The van der Waals surface area contributed by atoms with E-state index in [1.165, 1.54) is 29.5 Å². The third-order valence-corrected chi connectivity index (χ3v) is 5.26. The monoisotopic (exact) mass is 523 g/mol. The van der Waals surface area contributed by atoms with E-state index in [1.807, 2.05) is 0 Å². The van der Waals surface area contributed by atoms with Crippen LogP contribution < -0.4 is 0 Å². The first-order valence-corrected chi connectivity index (χ1v) is 8.93. The van der Waals surface area contributed by atoms with Gasteiger partial charge in [-0.15, -0.1) is 0 Å². The van der Waals surface area contributed by atoms with Crippen LogP contribution in [0.15, 0.2) is 45.6 Å². The normalized spacial score (nSPS) is 21.2. The van der Waals surface area contributed by atoms with E-state index in [-0.39, 0.29) is 22.0 Å². The summed E-state index contributed by atoms with van der Waals surface area (Å²) in [6, 6.07) is 3.59. The van der Waals surface area contributed by atoms with E-state index in [9.17, 15) is 36.5 Å². The van der Waals surface area contributed by atoms with Gasteiger partial charge in [0.25, 0.3) is 5.69 Å². The van der Waals surface area contributed by atoms with Crippen LogP contribution in [-0.2, 0) is 5.41 Å². The Morgan fingerprint density at radius 1 is 1.07 bits per heavy atom. The van der Waals surface area contributed by atoms with E-state index in [4.69, 9.17) is 0 Å². The largest absolute Gasteiger partial charge is 0.433 e. The molecule has 28 heavy (non-hydrogen) atoms. The summed E-state index contributed by atoms with van der Waals surface area (Å²) in [7, 11) is 0. The van der Waals surface area contributed by atoms with Crippen molar-refractivity contribution in [2.45, 2.75) is 43.2 Å². The van der Waals surface area contributed by atoms with E-state index < -0.39 is 39.6 Å². The zero-order chi connectivity index (χ0) is 21.5. The van der Waals surface area contributed by atoms with Crippen molar-refractivity contribution in [2.24, 2.45) is 0 Å². The second-order valence-electron chi connectivity index (χ2n) is 6.22. The van der Waals surface area contributed by atoms with E-state index in [0.29, 0.717) is 12.2 Å². The van der Waals surface area contributed by atoms with Crippen molar-refractivity contribution >= 4 is 28.3 Å². The van der Waals surface area contributed by atoms with Crippen molar-refractivity contribution in [1.82, 2.24) is 0 Å². The molecule has 1 aromatic rings. The van der Waals surface area contributed by atoms with Crippen LogP contribution in [0.3, 0.4) is 0 Å². The van der Waals surface area contributed by atoms with E-state index >= 15 is 4.39 Å². The number of halogens is 8. The lowest BCUT2D eigenvalue weighted by Gasteiger charge is -2.45. The number of allylic oxidation sites excluding steroid dienone is 4. The second kappa shape index (κ2) is 7.30. The fourth-order valence-corrected chi connectivity index (χ4v) is 4.29. The maximum atomic E-state index is 15.4. The average Bonchev–Trinajstić information content (AvgIpc) is 2.58. The second-order valence-corrected chi connectivity index (χ2v) is 7.61. The van der Waals surface area contributed by atoms with Crippen LogP contribution in [-0.4, -0.2) is 22.9 Å². The fraction of sp³-hybridized carbons (Fsp3) is 0.412. The van der Waals surface area contributed by atoms with Crippen molar-refractivity contribution < 1.29 is 35.7 Å². The van der Waals surface area contributed by atoms with E-state index in [0.717, 1.165) is 24.3 Å². The molecule has 1 aliphatic rings. The molecule has 0 fully saturated rings. The van der Waals surface area contributed by atoms with Crippen molar-refractivity contribution in [2.75, 3.05) is 0 Å². The Labute approximate surface area is 168 Å². The highest BCUT2D eigenvalue weighted by Crippen LogP contribution is 2.61. The maximum Gasteiger partial charge on any atom is 0.433 e. The summed E-state index contributed by atoms with van der Waals surface area (Å²) in [5, 5.41) is 11.3. The first-order chi connectivity index (χ1) is 12.7. The van der Waals surface area contributed by atoms with Gasteiger partial charge >= 0.3 is 18.0 Å². The summed E-state index contributed by atoms with van der Waals surface area (Å²) in [6.45, 7) is 1.49.